The molecule has 1 N–H and O–H groups in total. The van der Waals surface area contributed by atoms with Crippen LogP contribution in [0.2, 0.25) is 5.02 Å². The number of carbonyl (C=O) groups is 2. The normalized spacial score (nSPS) is 19.1. The number of anilines is 1. The van der Waals surface area contributed by atoms with Gasteiger partial charge >= 0.3 is 6.18 Å². The van der Waals surface area contributed by atoms with E-state index in [2.05, 4.69) is 5.32 Å². The Hall–Kier alpha value is -1.76. The van der Waals surface area contributed by atoms with Gasteiger partial charge in [0.05, 0.1) is 0 Å². The zero-order chi connectivity index (χ0) is 15.1. The Morgan fingerprint density at radius 3 is 2.65 bits per heavy atom. The Morgan fingerprint density at radius 1 is 1.45 bits per heavy atom. The minimum atomic E-state index is -4.71. The number of alkyl halides is 3. The van der Waals surface area contributed by atoms with Crippen LogP contribution in [0.25, 0.3) is 0 Å². The van der Waals surface area contributed by atoms with Gasteiger partial charge in [0.1, 0.15) is 6.54 Å². The Labute approximate surface area is 117 Å². The summed E-state index contributed by atoms with van der Waals surface area (Å²) in [5.74, 6) is -1.52. The second-order valence-electron chi connectivity index (χ2n) is 4.37. The Bertz CT molecular complexity index is 574. The first-order valence-electron chi connectivity index (χ1n) is 5.63. The summed E-state index contributed by atoms with van der Waals surface area (Å²) < 4.78 is 39.9. The van der Waals surface area contributed by atoms with E-state index in [1.54, 1.807) is 0 Å². The average molecular weight is 307 g/mol. The maximum atomic E-state index is 13.3. The minimum Gasteiger partial charge on any atom is -0.324 e. The molecule has 2 rings (SSSR count). The number of amides is 2. The molecule has 108 valence electrons. The van der Waals surface area contributed by atoms with Crippen LogP contribution in [0.5, 0.6) is 0 Å². The molecule has 0 aromatic heterocycles. The van der Waals surface area contributed by atoms with E-state index in [0.29, 0.717) is 4.90 Å². The van der Waals surface area contributed by atoms with E-state index >= 15 is 0 Å². The fourth-order valence-corrected chi connectivity index (χ4v) is 2.30. The quantitative estimate of drug-likeness (QED) is 0.801. The van der Waals surface area contributed by atoms with Gasteiger partial charge in [-0.2, -0.15) is 13.2 Å². The molecule has 1 unspecified atom stereocenters. The van der Waals surface area contributed by atoms with Crippen molar-refractivity contribution in [1.82, 2.24) is 4.90 Å². The first-order chi connectivity index (χ1) is 9.20. The van der Waals surface area contributed by atoms with Crippen molar-refractivity contribution in [3.05, 3.63) is 28.8 Å². The zero-order valence-corrected chi connectivity index (χ0v) is 11.0. The van der Waals surface area contributed by atoms with E-state index in [1.807, 2.05) is 0 Å². The van der Waals surface area contributed by atoms with E-state index < -0.39 is 30.6 Å². The van der Waals surface area contributed by atoms with Crippen molar-refractivity contribution >= 4 is 29.1 Å². The highest BCUT2D eigenvalue weighted by Gasteiger charge is 2.48. The first-order valence-corrected chi connectivity index (χ1v) is 6.01. The summed E-state index contributed by atoms with van der Waals surface area (Å²) in [5, 5.41) is 2.44. The molecule has 4 nitrogen and oxygen atoms in total. The predicted octanol–water partition coefficient (Wildman–Crippen LogP) is 2.74. The van der Waals surface area contributed by atoms with Gasteiger partial charge in [0, 0.05) is 23.2 Å². The maximum Gasteiger partial charge on any atom is 0.413 e. The van der Waals surface area contributed by atoms with E-state index in [4.69, 9.17) is 11.6 Å². The minimum absolute atomic E-state index is 0.00507. The van der Waals surface area contributed by atoms with Gasteiger partial charge in [-0.05, 0) is 18.2 Å². The van der Waals surface area contributed by atoms with Crippen molar-refractivity contribution in [3.8, 4) is 0 Å². The fraction of sp³-hybridized carbons (Fsp3) is 0.333. The van der Waals surface area contributed by atoms with E-state index in [9.17, 15) is 22.8 Å². The molecule has 2 amide bonds. The number of fused-ring (bicyclic) bond motifs is 1. The van der Waals surface area contributed by atoms with Crippen LogP contribution in [-0.2, 0) is 9.59 Å². The van der Waals surface area contributed by atoms with Gasteiger partial charge in [-0.1, -0.05) is 11.6 Å². The highest BCUT2D eigenvalue weighted by atomic mass is 35.5. The third-order valence-electron chi connectivity index (χ3n) is 2.92. The zero-order valence-electron chi connectivity index (χ0n) is 10.3. The second-order valence-corrected chi connectivity index (χ2v) is 4.81. The van der Waals surface area contributed by atoms with Crippen molar-refractivity contribution in [2.24, 2.45) is 0 Å². The lowest BCUT2D eigenvalue weighted by Crippen LogP contribution is -2.43. The molecule has 0 fully saturated rings. The monoisotopic (exact) mass is 306 g/mol. The van der Waals surface area contributed by atoms with E-state index in [1.165, 1.54) is 12.1 Å². The molecule has 1 aliphatic rings. The van der Waals surface area contributed by atoms with E-state index in [-0.39, 0.29) is 16.3 Å². The van der Waals surface area contributed by atoms with E-state index in [0.717, 1.165) is 13.0 Å². The van der Waals surface area contributed by atoms with Gasteiger partial charge in [0.2, 0.25) is 11.8 Å². The third kappa shape index (κ3) is 2.72. The van der Waals surface area contributed by atoms with Crippen molar-refractivity contribution in [2.75, 3.05) is 11.9 Å². The number of benzene rings is 1. The number of carbonyl (C=O) groups excluding carboxylic acids is 2. The summed E-state index contributed by atoms with van der Waals surface area (Å²) in [7, 11) is 0. The molecule has 1 heterocycles. The molecule has 1 aromatic carbocycles. The maximum absolute atomic E-state index is 13.3. The lowest BCUT2D eigenvalue weighted by molar-refractivity contribution is -0.190. The molecule has 20 heavy (non-hydrogen) atoms. The molecule has 0 saturated carbocycles. The molecule has 1 atom stereocenters. The van der Waals surface area contributed by atoms with Crippen molar-refractivity contribution in [1.29, 1.82) is 0 Å². The Kier molecular flexibility index (Phi) is 3.64. The summed E-state index contributed by atoms with van der Waals surface area (Å²) in [5.41, 5.74) is -0.239. The smallest absolute Gasteiger partial charge is 0.324 e. The second kappa shape index (κ2) is 4.97. The van der Waals surface area contributed by atoms with Gasteiger partial charge in [0.25, 0.3) is 0 Å². The number of nitrogens with zero attached hydrogens (tertiary/aromatic N) is 1. The molecule has 1 aromatic rings. The average Bonchev–Trinajstić information content (AvgIpc) is 2.43. The largest absolute Gasteiger partial charge is 0.413 e. The molecule has 8 heteroatoms. The topological polar surface area (TPSA) is 49.4 Å². The van der Waals surface area contributed by atoms with Gasteiger partial charge in [-0.3, -0.25) is 9.59 Å². The number of rotatable bonds is 0. The van der Waals surface area contributed by atoms with Crippen LogP contribution >= 0.6 is 11.6 Å². The number of hydrogen-bond donors (Lipinski definition) is 1. The van der Waals surface area contributed by atoms with Crippen LogP contribution in [0, 0.1) is 0 Å². The fourth-order valence-electron chi connectivity index (χ4n) is 2.12. The molecular formula is C12H10ClF3N2O2. The molecule has 0 spiro atoms. The van der Waals surface area contributed by atoms with Gasteiger partial charge in [0.15, 0.2) is 6.04 Å². The van der Waals surface area contributed by atoms with Crippen LogP contribution in [-0.4, -0.2) is 29.4 Å². The Balaban J connectivity index is 2.65. The van der Waals surface area contributed by atoms with Gasteiger partial charge in [-0.15, -0.1) is 0 Å². The third-order valence-corrected chi connectivity index (χ3v) is 3.16. The van der Waals surface area contributed by atoms with Crippen LogP contribution in [0.15, 0.2) is 18.2 Å². The molecule has 1 aliphatic heterocycles. The van der Waals surface area contributed by atoms with Crippen LogP contribution in [0.4, 0.5) is 18.9 Å². The van der Waals surface area contributed by atoms with Crippen molar-refractivity contribution in [3.63, 3.8) is 0 Å². The molecule has 0 saturated heterocycles. The number of nitrogens with one attached hydrogen (secondary N) is 1. The molecule has 0 bridgehead atoms. The molecule has 0 aliphatic carbocycles. The predicted molar refractivity (Wildman–Crippen MR) is 66.3 cm³/mol. The van der Waals surface area contributed by atoms with Crippen LogP contribution in [0.1, 0.15) is 18.5 Å². The SMILES string of the molecule is CC(=O)N1CC(=O)Nc2ccc(Cl)cc2C1C(F)(F)F. The van der Waals surface area contributed by atoms with Crippen molar-refractivity contribution in [2.45, 2.75) is 19.1 Å². The Morgan fingerprint density at radius 2 is 2.10 bits per heavy atom. The highest BCUT2D eigenvalue weighted by Crippen LogP contribution is 2.42. The summed E-state index contributed by atoms with van der Waals surface area (Å²) in [6, 6.07) is 1.57. The highest BCUT2D eigenvalue weighted by molar-refractivity contribution is 6.30. The summed E-state index contributed by atoms with van der Waals surface area (Å²) >= 11 is 5.73. The van der Waals surface area contributed by atoms with Gasteiger partial charge in [-0.25, -0.2) is 0 Å². The van der Waals surface area contributed by atoms with Gasteiger partial charge < -0.3 is 10.2 Å². The first kappa shape index (κ1) is 14.6. The number of halogens is 4. The lowest BCUT2D eigenvalue weighted by Gasteiger charge is -2.30. The van der Waals surface area contributed by atoms with Crippen LogP contribution < -0.4 is 5.32 Å². The summed E-state index contributed by atoms with van der Waals surface area (Å²) in [4.78, 5) is 23.6. The van der Waals surface area contributed by atoms with Crippen LogP contribution in [0.3, 0.4) is 0 Å². The number of hydrogen-bond acceptors (Lipinski definition) is 2. The lowest BCUT2D eigenvalue weighted by atomic mass is 10.0. The van der Waals surface area contributed by atoms with Crippen molar-refractivity contribution < 1.29 is 22.8 Å². The molecule has 0 radical (unpaired) electrons. The summed E-state index contributed by atoms with van der Waals surface area (Å²) in [6.45, 7) is 0.327. The summed E-state index contributed by atoms with van der Waals surface area (Å²) in [6.07, 6.45) is -4.71. The molecular weight excluding hydrogens is 297 g/mol. The standard InChI is InChI=1S/C12H10ClF3N2O2/c1-6(19)18-5-10(20)17-9-3-2-7(13)4-8(9)11(18)12(14,15)16/h2-4,11H,5H2,1H3,(H,17,20).